The number of aromatic amines is 1. The van der Waals surface area contributed by atoms with Gasteiger partial charge in [-0.15, -0.1) is 0 Å². The zero-order chi connectivity index (χ0) is 16.5. The quantitative estimate of drug-likeness (QED) is 0.761. The van der Waals surface area contributed by atoms with Gasteiger partial charge in [-0.3, -0.25) is 4.79 Å². The first kappa shape index (κ1) is 15.2. The fourth-order valence-corrected chi connectivity index (χ4v) is 3.41. The third-order valence-corrected chi connectivity index (χ3v) is 4.82. The Kier molecular flexibility index (Phi) is 4.00. The van der Waals surface area contributed by atoms with Gasteiger partial charge in [0.2, 0.25) is 5.91 Å². The van der Waals surface area contributed by atoms with E-state index in [1.165, 1.54) is 10.9 Å². The topological polar surface area (TPSA) is 48.1 Å². The van der Waals surface area contributed by atoms with E-state index in [9.17, 15) is 4.79 Å². The number of amides is 1. The molecule has 0 bridgehead atoms. The van der Waals surface area contributed by atoms with Gasteiger partial charge in [0.1, 0.15) is 0 Å². The van der Waals surface area contributed by atoms with Crippen molar-refractivity contribution in [3.05, 3.63) is 65.3 Å². The number of halogens is 1. The Balaban J connectivity index is 1.45. The Morgan fingerprint density at radius 2 is 2.00 bits per heavy atom. The van der Waals surface area contributed by atoms with Crippen LogP contribution >= 0.6 is 11.6 Å². The molecule has 4 nitrogen and oxygen atoms in total. The van der Waals surface area contributed by atoms with Crippen molar-refractivity contribution >= 4 is 34.1 Å². The molecule has 3 aromatic rings. The van der Waals surface area contributed by atoms with Gasteiger partial charge in [0, 0.05) is 40.9 Å². The van der Waals surface area contributed by atoms with E-state index < -0.39 is 0 Å². The van der Waals surface area contributed by atoms with Crippen LogP contribution in [0.1, 0.15) is 12.0 Å². The van der Waals surface area contributed by atoms with Crippen molar-refractivity contribution in [1.29, 1.82) is 0 Å². The van der Waals surface area contributed by atoms with Crippen molar-refractivity contribution in [2.45, 2.75) is 19.0 Å². The van der Waals surface area contributed by atoms with Crippen LogP contribution in [0, 0.1) is 0 Å². The van der Waals surface area contributed by atoms with Crippen LogP contribution in [0.2, 0.25) is 5.02 Å². The molecule has 2 heterocycles. The summed E-state index contributed by atoms with van der Waals surface area (Å²) in [6.45, 7) is 1.41. The van der Waals surface area contributed by atoms with E-state index in [1.807, 2.05) is 41.4 Å². The van der Waals surface area contributed by atoms with Crippen molar-refractivity contribution in [2.24, 2.45) is 0 Å². The highest BCUT2D eigenvalue weighted by Gasteiger charge is 2.32. The fraction of sp³-hybridized carbons (Fsp3) is 0.211. The molecule has 1 aliphatic heterocycles. The summed E-state index contributed by atoms with van der Waals surface area (Å²) in [5.74, 6) is 0.124. The maximum atomic E-state index is 12.6. The summed E-state index contributed by atoms with van der Waals surface area (Å²) < 4.78 is 0. The number of hydrogen-bond donors (Lipinski definition) is 2. The second-order valence-corrected chi connectivity index (χ2v) is 6.48. The van der Waals surface area contributed by atoms with Crippen molar-refractivity contribution in [1.82, 2.24) is 10.3 Å². The van der Waals surface area contributed by atoms with Crippen LogP contribution in [0.5, 0.6) is 0 Å². The zero-order valence-electron chi connectivity index (χ0n) is 13.1. The Hall–Kier alpha value is -2.30. The van der Waals surface area contributed by atoms with E-state index in [1.54, 1.807) is 0 Å². The summed E-state index contributed by atoms with van der Waals surface area (Å²) in [6.07, 6.45) is 2.75. The standard InChI is InChI=1S/C19H18ClN3O/c20-14-4-6-15(7-5-14)23-11-9-18(19(23)24)22-12-13-2-1-3-17-16(13)8-10-21-17/h1-8,10,18,21-22H,9,11-12H2/t18-/m0/s1. The van der Waals surface area contributed by atoms with Crippen LogP contribution in [-0.2, 0) is 11.3 Å². The fourth-order valence-electron chi connectivity index (χ4n) is 3.28. The summed E-state index contributed by atoms with van der Waals surface area (Å²) in [4.78, 5) is 17.7. The number of carbonyl (C=O) groups excluding carboxylic acids is 1. The second kappa shape index (κ2) is 6.30. The molecule has 4 rings (SSSR count). The summed E-state index contributed by atoms with van der Waals surface area (Å²) in [7, 11) is 0. The maximum absolute atomic E-state index is 12.6. The first-order valence-electron chi connectivity index (χ1n) is 8.08. The van der Waals surface area contributed by atoms with E-state index in [0.29, 0.717) is 11.6 Å². The molecule has 0 radical (unpaired) electrons. The van der Waals surface area contributed by atoms with E-state index in [-0.39, 0.29) is 11.9 Å². The molecule has 2 aromatic carbocycles. The molecule has 122 valence electrons. The van der Waals surface area contributed by atoms with Gasteiger partial charge in [-0.25, -0.2) is 0 Å². The molecule has 5 heteroatoms. The van der Waals surface area contributed by atoms with Crippen LogP contribution in [-0.4, -0.2) is 23.5 Å². The van der Waals surface area contributed by atoms with Crippen LogP contribution in [0.3, 0.4) is 0 Å². The number of carbonyl (C=O) groups is 1. The highest BCUT2D eigenvalue weighted by Crippen LogP contribution is 2.24. The Bertz CT molecular complexity index is 872. The van der Waals surface area contributed by atoms with Gasteiger partial charge in [-0.2, -0.15) is 0 Å². The summed E-state index contributed by atoms with van der Waals surface area (Å²) in [5.41, 5.74) is 3.22. The van der Waals surface area contributed by atoms with Gasteiger partial charge < -0.3 is 15.2 Å². The molecule has 1 fully saturated rings. The summed E-state index contributed by atoms with van der Waals surface area (Å²) in [5, 5.41) is 5.29. The molecule has 1 amide bonds. The molecule has 1 saturated heterocycles. The molecule has 24 heavy (non-hydrogen) atoms. The van der Waals surface area contributed by atoms with Gasteiger partial charge in [-0.1, -0.05) is 23.7 Å². The molecule has 1 aliphatic rings. The number of benzene rings is 2. The van der Waals surface area contributed by atoms with Crippen molar-refractivity contribution in [2.75, 3.05) is 11.4 Å². The first-order chi connectivity index (χ1) is 11.7. The monoisotopic (exact) mass is 339 g/mol. The molecular weight excluding hydrogens is 322 g/mol. The Labute approximate surface area is 145 Å². The maximum Gasteiger partial charge on any atom is 0.244 e. The van der Waals surface area contributed by atoms with Crippen molar-refractivity contribution < 1.29 is 4.79 Å². The minimum atomic E-state index is -0.144. The lowest BCUT2D eigenvalue weighted by Crippen LogP contribution is -2.38. The second-order valence-electron chi connectivity index (χ2n) is 6.04. The Morgan fingerprint density at radius 3 is 2.83 bits per heavy atom. The van der Waals surface area contributed by atoms with E-state index in [2.05, 4.69) is 28.5 Å². The third-order valence-electron chi connectivity index (χ3n) is 4.57. The molecule has 1 atom stereocenters. The van der Waals surface area contributed by atoms with E-state index in [0.717, 1.165) is 24.2 Å². The van der Waals surface area contributed by atoms with Crippen molar-refractivity contribution in [3.8, 4) is 0 Å². The van der Waals surface area contributed by atoms with Crippen LogP contribution in [0.15, 0.2) is 54.7 Å². The van der Waals surface area contributed by atoms with Gasteiger partial charge in [0.15, 0.2) is 0 Å². The van der Waals surface area contributed by atoms with Crippen LogP contribution < -0.4 is 10.2 Å². The van der Waals surface area contributed by atoms with Crippen LogP contribution in [0.25, 0.3) is 10.9 Å². The number of nitrogens with zero attached hydrogens (tertiary/aromatic N) is 1. The lowest BCUT2D eigenvalue weighted by molar-refractivity contribution is -0.118. The van der Waals surface area contributed by atoms with Gasteiger partial charge >= 0.3 is 0 Å². The highest BCUT2D eigenvalue weighted by molar-refractivity contribution is 6.30. The summed E-state index contributed by atoms with van der Waals surface area (Å²) >= 11 is 5.92. The SMILES string of the molecule is O=C1[C@@H](NCc2cccc3[nH]ccc23)CCN1c1ccc(Cl)cc1. The molecule has 0 saturated carbocycles. The number of H-pyrrole nitrogens is 1. The number of hydrogen-bond acceptors (Lipinski definition) is 2. The number of rotatable bonds is 4. The normalized spacial score (nSPS) is 17.8. The number of aromatic nitrogens is 1. The molecule has 0 aliphatic carbocycles. The number of nitrogens with one attached hydrogen (secondary N) is 2. The largest absolute Gasteiger partial charge is 0.361 e. The molecular formula is C19H18ClN3O. The minimum absolute atomic E-state index is 0.124. The predicted octanol–water partition coefficient (Wildman–Crippen LogP) is 3.72. The van der Waals surface area contributed by atoms with Crippen molar-refractivity contribution in [3.63, 3.8) is 0 Å². The lowest BCUT2D eigenvalue weighted by Gasteiger charge is -2.17. The zero-order valence-corrected chi connectivity index (χ0v) is 13.9. The number of anilines is 1. The molecule has 0 spiro atoms. The van der Waals surface area contributed by atoms with Crippen LogP contribution in [0.4, 0.5) is 5.69 Å². The summed E-state index contributed by atoms with van der Waals surface area (Å²) in [6, 6.07) is 15.5. The lowest BCUT2D eigenvalue weighted by atomic mass is 10.1. The average molecular weight is 340 g/mol. The van der Waals surface area contributed by atoms with Gasteiger partial charge in [0.05, 0.1) is 6.04 Å². The molecule has 1 aromatic heterocycles. The van der Waals surface area contributed by atoms with Gasteiger partial charge in [-0.05, 0) is 48.4 Å². The highest BCUT2D eigenvalue weighted by atomic mass is 35.5. The minimum Gasteiger partial charge on any atom is -0.361 e. The smallest absolute Gasteiger partial charge is 0.244 e. The molecule has 2 N–H and O–H groups in total. The van der Waals surface area contributed by atoms with E-state index in [4.69, 9.17) is 11.6 Å². The average Bonchev–Trinajstić information content (AvgIpc) is 3.21. The number of fused-ring (bicyclic) bond motifs is 1. The Morgan fingerprint density at radius 1 is 1.17 bits per heavy atom. The van der Waals surface area contributed by atoms with Gasteiger partial charge in [0.25, 0.3) is 0 Å². The van der Waals surface area contributed by atoms with E-state index >= 15 is 0 Å². The first-order valence-corrected chi connectivity index (χ1v) is 8.45. The third kappa shape index (κ3) is 2.79. The predicted molar refractivity (Wildman–Crippen MR) is 97.3 cm³/mol. The molecule has 0 unspecified atom stereocenters.